The minimum atomic E-state index is -0.190. The molecule has 0 spiro atoms. The molecule has 50 heavy (non-hydrogen) atoms. The van der Waals surface area contributed by atoms with Crippen LogP contribution in [0, 0.1) is 12.1 Å². The molecule has 5 heterocycles. The minimum Gasteiger partial charge on any atom is -0.511 e. The molecule has 0 aliphatic carbocycles. The van der Waals surface area contributed by atoms with E-state index in [9.17, 15) is 0 Å². The number of aromatic nitrogens is 4. The van der Waals surface area contributed by atoms with Crippen molar-refractivity contribution in [1.82, 2.24) is 19.3 Å². The number of fused-ring (bicyclic) bond motifs is 9. The topological polar surface area (TPSA) is 48.8 Å². The van der Waals surface area contributed by atoms with E-state index < -0.39 is 0 Å². The molecule has 1 aliphatic heterocycles. The number of nitrogens with zero attached hydrogens (tertiary/aromatic N) is 4. The quantitative estimate of drug-likeness (QED) is 0.167. The van der Waals surface area contributed by atoms with Crippen LogP contribution >= 0.6 is 0 Å². The third-order valence-corrected chi connectivity index (χ3v) is 11.2. The maximum atomic E-state index is 6.58. The Bertz CT molecular complexity index is 2770. The number of furan rings is 1. The van der Waals surface area contributed by atoms with E-state index in [2.05, 4.69) is 134 Å². The fourth-order valence-electron chi connectivity index (χ4n) is 8.02. The van der Waals surface area contributed by atoms with Crippen LogP contribution in [0.1, 0.15) is 39.0 Å². The minimum absolute atomic E-state index is 0. The summed E-state index contributed by atoms with van der Waals surface area (Å²) in [5.41, 5.74) is 11.1. The van der Waals surface area contributed by atoms with Crippen molar-refractivity contribution in [2.24, 2.45) is 0 Å². The molecule has 0 fully saturated rings. The van der Waals surface area contributed by atoms with Gasteiger partial charge in [-0.15, -0.1) is 46.8 Å². The van der Waals surface area contributed by atoms with Gasteiger partial charge in [-0.25, -0.2) is 4.98 Å². The van der Waals surface area contributed by atoms with Crippen molar-refractivity contribution in [3.63, 3.8) is 0 Å². The molecule has 0 saturated carbocycles. The molecule has 0 atom stereocenters. The molecule has 0 amide bonds. The first-order valence-electron chi connectivity index (χ1n) is 16.8. The zero-order valence-electron chi connectivity index (χ0n) is 28.1. The Balaban J connectivity index is 0.00000336. The summed E-state index contributed by atoms with van der Waals surface area (Å²) in [6.45, 7) is 9.36. The molecular formula is C44H32N4OPt. The van der Waals surface area contributed by atoms with E-state index in [1.807, 2.05) is 36.7 Å². The summed E-state index contributed by atoms with van der Waals surface area (Å²) in [6, 6.07) is 45.6. The van der Waals surface area contributed by atoms with Crippen LogP contribution in [0.3, 0.4) is 0 Å². The Morgan fingerprint density at radius 3 is 2.32 bits per heavy atom. The van der Waals surface area contributed by atoms with E-state index in [-0.39, 0.29) is 31.9 Å². The molecule has 0 unspecified atom stereocenters. The Hall–Kier alpha value is -5.25. The second-order valence-corrected chi connectivity index (χ2v) is 14.2. The van der Waals surface area contributed by atoms with Crippen molar-refractivity contribution in [3.8, 4) is 33.8 Å². The van der Waals surface area contributed by atoms with Crippen molar-refractivity contribution in [3.05, 3.63) is 145 Å². The average molecular weight is 828 g/mol. The molecule has 244 valence electrons. The summed E-state index contributed by atoms with van der Waals surface area (Å²) in [7, 11) is 0. The van der Waals surface area contributed by atoms with Gasteiger partial charge in [-0.1, -0.05) is 111 Å². The van der Waals surface area contributed by atoms with Gasteiger partial charge in [0, 0.05) is 28.3 Å². The van der Waals surface area contributed by atoms with Gasteiger partial charge in [0.2, 0.25) is 0 Å². The Kier molecular flexibility index (Phi) is 6.69. The Labute approximate surface area is 304 Å². The maximum Gasteiger partial charge on any atom is 2.00 e. The Morgan fingerprint density at radius 1 is 0.700 bits per heavy atom. The zero-order valence-corrected chi connectivity index (χ0v) is 30.3. The van der Waals surface area contributed by atoms with Crippen molar-refractivity contribution in [2.75, 3.05) is 0 Å². The summed E-state index contributed by atoms with van der Waals surface area (Å²) >= 11 is 0. The molecule has 4 aromatic heterocycles. The summed E-state index contributed by atoms with van der Waals surface area (Å²) in [6.07, 6.45) is 3.85. The van der Waals surface area contributed by atoms with Crippen LogP contribution in [0.2, 0.25) is 0 Å². The molecule has 5 nitrogen and oxygen atoms in total. The van der Waals surface area contributed by atoms with Gasteiger partial charge in [0.25, 0.3) is 0 Å². The zero-order chi connectivity index (χ0) is 33.1. The summed E-state index contributed by atoms with van der Waals surface area (Å²) in [5, 5.41) is 9.20. The monoisotopic (exact) mass is 827 g/mol. The van der Waals surface area contributed by atoms with E-state index in [4.69, 9.17) is 14.5 Å². The van der Waals surface area contributed by atoms with E-state index in [1.165, 1.54) is 16.8 Å². The SMILES string of the molecule is CC1(C)c2ccc(-c3cccc4oc5cc6c7ccccc7n(-c7ccccn7)c6[c-]c5c34)[c-]c2-n2ncc(-c3ccccc3)c2C1(C)C.[Pt+2]. The molecule has 0 saturated heterocycles. The first kappa shape index (κ1) is 30.8. The van der Waals surface area contributed by atoms with Crippen molar-refractivity contribution < 1.29 is 25.5 Å². The average Bonchev–Trinajstić information content (AvgIpc) is 3.83. The number of rotatable bonds is 3. The molecule has 9 aromatic rings. The van der Waals surface area contributed by atoms with E-state index in [0.717, 1.165) is 71.9 Å². The number of pyridine rings is 1. The third-order valence-electron chi connectivity index (χ3n) is 11.2. The van der Waals surface area contributed by atoms with Gasteiger partial charge in [0.15, 0.2) is 0 Å². The van der Waals surface area contributed by atoms with Crippen molar-refractivity contribution >= 4 is 43.7 Å². The van der Waals surface area contributed by atoms with E-state index in [1.54, 1.807) is 0 Å². The predicted molar refractivity (Wildman–Crippen MR) is 198 cm³/mol. The van der Waals surface area contributed by atoms with E-state index in [0.29, 0.717) is 0 Å². The van der Waals surface area contributed by atoms with Crippen LogP contribution in [0.5, 0.6) is 0 Å². The second kappa shape index (κ2) is 10.9. The van der Waals surface area contributed by atoms with Gasteiger partial charge in [-0.2, -0.15) is 5.10 Å². The van der Waals surface area contributed by atoms with Gasteiger partial charge in [-0.3, -0.25) is 4.68 Å². The molecule has 0 N–H and O–H groups in total. The van der Waals surface area contributed by atoms with Crippen LogP contribution in [0.25, 0.3) is 77.5 Å². The number of benzene rings is 5. The number of para-hydroxylation sites is 1. The van der Waals surface area contributed by atoms with E-state index >= 15 is 0 Å². The van der Waals surface area contributed by atoms with Crippen molar-refractivity contribution in [1.29, 1.82) is 0 Å². The first-order chi connectivity index (χ1) is 23.8. The number of hydrogen-bond donors (Lipinski definition) is 0. The standard InChI is InChI=1S/C44H32N4O.Pt/c1-43(2)34-21-20-28(23-37(34)48-42(44(43,3)4)33(26-46-48)27-13-6-5-7-14-27)29-16-12-18-38-41(29)32-24-36-31(25-39(32)49-38)30-15-8-9-17-35(30)47(36)40-19-10-11-22-45-40;/h5-22,25-26H,1-4H3;/q-2;+2. The maximum absolute atomic E-state index is 6.58. The van der Waals surface area contributed by atoms with Gasteiger partial charge in [0.1, 0.15) is 5.82 Å². The van der Waals surface area contributed by atoms with Crippen molar-refractivity contribution in [2.45, 2.75) is 38.5 Å². The largest absolute Gasteiger partial charge is 2.00 e. The van der Waals surface area contributed by atoms with Gasteiger partial charge in [-0.05, 0) is 51.8 Å². The molecule has 0 bridgehead atoms. The molecule has 10 rings (SSSR count). The normalized spacial score (nSPS) is 14.6. The summed E-state index contributed by atoms with van der Waals surface area (Å²) in [4.78, 5) is 4.73. The van der Waals surface area contributed by atoms with Gasteiger partial charge in [0.05, 0.1) is 17.5 Å². The smallest absolute Gasteiger partial charge is 0.511 e. The molecule has 0 radical (unpaired) electrons. The molecule has 5 aromatic carbocycles. The third kappa shape index (κ3) is 4.10. The molecule has 1 aliphatic rings. The fraction of sp³-hybridized carbons (Fsp3) is 0.136. The summed E-state index contributed by atoms with van der Waals surface area (Å²) < 4.78 is 10.9. The second-order valence-electron chi connectivity index (χ2n) is 14.2. The Morgan fingerprint density at radius 2 is 1.50 bits per heavy atom. The summed E-state index contributed by atoms with van der Waals surface area (Å²) in [5.74, 6) is 0.857. The van der Waals surface area contributed by atoms with Crippen LogP contribution in [-0.4, -0.2) is 19.3 Å². The van der Waals surface area contributed by atoms with Crippen LogP contribution in [-0.2, 0) is 31.9 Å². The first-order valence-corrected chi connectivity index (χ1v) is 16.8. The van der Waals surface area contributed by atoms with Crippen LogP contribution in [0.4, 0.5) is 0 Å². The predicted octanol–water partition coefficient (Wildman–Crippen LogP) is 10.8. The van der Waals surface area contributed by atoms with Crippen LogP contribution < -0.4 is 0 Å². The van der Waals surface area contributed by atoms with Gasteiger partial charge >= 0.3 is 21.1 Å². The fourth-order valence-corrected chi connectivity index (χ4v) is 8.02. The molecule has 6 heteroatoms. The number of hydrogen-bond acceptors (Lipinski definition) is 3. The molecular weight excluding hydrogens is 796 g/mol. The van der Waals surface area contributed by atoms with Crippen LogP contribution in [0.15, 0.2) is 126 Å². The van der Waals surface area contributed by atoms with Gasteiger partial charge < -0.3 is 8.98 Å².